The molecule has 3 atom stereocenters. The average Bonchev–Trinajstić information content (AvgIpc) is 3.05. The zero-order chi connectivity index (χ0) is 31.4. The number of aliphatic carboxylic acids is 1. The molecule has 0 radical (unpaired) electrons. The summed E-state index contributed by atoms with van der Waals surface area (Å²) in [6, 6.07) is 34.1. The van der Waals surface area contributed by atoms with E-state index in [9.17, 15) is 24.6 Å². The van der Waals surface area contributed by atoms with Crippen molar-refractivity contribution in [1.29, 1.82) is 0 Å². The summed E-state index contributed by atoms with van der Waals surface area (Å²) < 4.78 is 0. The van der Waals surface area contributed by atoms with Gasteiger partial charge in [0.15, 0.2) is 5.78 Å². The molecule has 1 aliphatic heterocycles. The second-order valence-corrected chi connectivity index (χ2v) is 14.4. The van der Waals surface area contributed by atoms with E-state index in [2.05, 4.69) is 5.32 Å². The molecule has 0 saturated carbocycles. The molecule has 1 saturated heterocycles. The van der Waals surface area contributed by atoms with Crippen LogP contribution in [0.25, 0.3) is 0 Å². The number of carbonyl (C=O) groups is 3. The fraction of sp³-hybridized carbons (Fsp3) is 0.171. The maximum atomic E-state index is 13.9. The van der Waals surface area contributed by atoms with Crippen molar-refractivity contribution in [3.8, 4) is 0 Å². The van der Waals surface area contributed by atoms with E-state index in [1.165, 1.54) is 11.8 Å². The number of carboxylic acids is 1. The van der Waals surface area contributed by atoms with Crippen molar-refractivity contribution in [3.63, 3.8) is 0 Å². The number of aliphatic hydroxyl groups excluding tert-OH is 1. The molecule has 224 valence electrons. The monoisotopic (exact) mass is 624 g/mol. The molecule has 44 heavy (non-hydrogen) atoms. The van der Waals surface area contributed by atoms with Crippen molar-refractivity contribution >= 4 is 63.1 Å². The average molecular weight is 625 g/mol. The topological polar surface area (TPSA) is 107 Å². The molecule has 0 aromatic heterocycles. The molecule has 0 spiro atoms. The Morgan fingerprint density at radius 1 is 0.818 bits per heavy atom. The van der Waals surface area contributed by atoms with Gasteiger partial charge in [0.2, 0.25) is 5.91 Å². The van der Waals surface area contributed by atoms with E-state index >= 15 is 0 Å². The Bertz CT molecular complexity index is 1640. The van der Waals surface area contributed by atoms with Gasteiger partial charge in [-0.25, -0.2) is 4.79 Å². The van der Waals surface area contributed by atoms with Crippen LogP contribution in [0.1, 0.15) is 29.3 Å². The lowest BCUT2D eigenvalue weighted by atomic mass is 9.79. The number of carbonyl (C=O) groups excluding carboxylic acids is 2. The van der Waals surface area contributed by atoms with Gasteiger partial charge in [0.25, 0.3) is 0 Å². The van der Waals surface area contributed by atoms with Gasteiger partial charge in [0.1, 0.15) is 10.4 Å². The molecule has 1 fully saturated rings. The van der Waals surface area contributed by atoms with Crippen LogP contribution in [0.2, 0.25) is 0 Å². The number of hydrogen-bond acceptors (Lipinski definition) is 5. The largest absolute Gasteiger partial charge is 0.477 e. The smallest absolute Gasteiger partial charge is 0.353 e. The SMILES string of the molecule is CNC(=S)c1ccc(C(=O)C[C@@H]2[C@@H]([C@@H](C)O)C(=O)N2C(C(=O)O)=P(c2ccccc2)(c2ccccc2)c2ccccc2)cc1. The standard InChI is InChI=1S/C35H33N2O5PS/c1-23(38)31-29(22-30(39)24-18-20-25(21-19-24)32(44)36-2)37(33(31)40)34(35(41)42)43(26-12-6-3-7-13-26,27-14-8-4-9-15-27)28-16-10-5-11-17-28/h3-21,23,29,31,38H,22H2,1-2H3,(H,36,44)(H,41,42)/t23-,29-,31-/m1/s1. The van der Waals surface area contributed by atoms with E-state index in [1.54, 1.807) is 31.3 Å². The quantitative estimate of drug-likeness (QED) is 0.107. The van der Waals surface area contributed by atoms with Gasteiger partial charge in [-0.1, -0.05) is 127 Å². The molecule has 9 heteroatoms. The van der Waals surface area contributed by atoms with E-state index in [4.69, 9.17) is 12.2 Å². The number of amides is 1. The molecule has 4 aromatic rings. The first-order chi connectivity index (χ1) is 21.2. The van der Waals surface area contributed by atoms with Crippen LogP contribution < -0.4 is 21.2 Å². The van der Waals surface area contributed by atoms with Crippen molar-refractivity contribution in [3.05, 3.63) is 126 Å². The van der Waals surface area contributed by atoms with Crippen LogP contribution in [0.15, 0.2) is 115 Å². The summed E-state index contributed by atoms with van der Waals surface area (Å²) in [6.07, 6.45) is -1.24. The number of hydrogen-bond donors (Lipinski definition) is 3. The molecular weight excluding hydrogens is 591 g/mol. The minimum absolute atomic E-state index is 0.0875. The molecule has 1 heterocycles. The Balaban J connectivity index is 1.75. The Labute approximate surface area is 262 Å². The number of likely N-dealkylation sites (tertiary alicyclic amines) is 1. The summed E-state index contributed by atoms with van der Waals surface area (Å²) >= 11 is 5.29. The normalized spacial score (nSPS) is 16.9. The maximum Gasteiger partial charge on any atom is 0.353 e. The predicted octanol–water partition coefficient (Wildman–Crippen LogP) is 3.57. The summed E-state index contributed by atoms with van der Waals surface area (Å²) in [7, 11) is 1.72. The Morgan fingerprint density at radius 3 is 1.64 bits per heavy atom. The van der Waals surface area contributed by atoms with Gasteiger partial charge in [0.05, 0.1) is 18.1 Å². The fourth-order valence-corrected chi connectivity index (χ4v) is 10.5. The van der Waals surface area contributed by atoms with Gasteiger partial charge >= 0.3 is 5.97 Å². The number of rotatable bonds is 10. The molecule has 0 bridgehead atoms. The second-order valence-electron chi connectivity index (χ2n) is 10.6. The zero-order valence-corrected chi connectivity index (χ0v) is 26.0. The lowest BCUT2D eigenvalue weighted by molar-refractivity contribution is -0.156. The minimum Gasteiger partial charge on any atom is -0.477 e. The minimum atomic E-state index is -3.20. The highest BCUT2D eigenvalue weighted by atomic mass is 32.1. The summed E-state index contributed by atoms with van der Waals surface area (Å²) in [6.45, 7) is -1.70. The van der Waals surface area contributed by atoms with Crippen LogP contribution >= 0.6 is 19.1 Å². The molecule has 0 unspecified atom stereocenters. The summed E-state index contributed by atoms with van der Waals surface area (Å²) in [5, 5.41) is 26.9. The molecule has 3 N–H and O–H groups in total. The first-order valence-electron chi connectivity index (χ1n) is 14.2. The van der Waals surface area contributed by atoms with Gasteiger partial charge in [-0.2, -0.15) is 0 Å². The van der Waals surface area contributed by atoms with E-state index in [-0.39, 0.29) is 17.6 Å². The molecule has 0 aliphatic carbocycles. The van der Waals surface area contributed by atoms with Gasteiger partial charge in [-0.3, -0.25) is 9.59 Å². The summed E-state index contributed by atoms with van der Waals surface area (Å²) in [5.41, 5.74) is 1.07. The highest BCUT2D eigenvalue weighted by molar-refractivity contribution is 7.96. The first kappa shape index (κ1) is 31.1. The number of thiocarbonyl (C=S) groups is 1. The Hall–Kier alpha value is -4.36. The van der Waals surface area contributed by atoms with Crippen molar-refractivity contribution in [2.24, 2.45) is 5.92 Å². The molecule has 1 amide bonds. The number of aliphatic hydroxyl groups is 1. The lowest BCUT2D eigenvalue weighted by Crippen LogP contribution is -2.68. The van der Waals surface area contributed by atoms with Crippen LogP contribution in [0.5, 0.6) is 0 Å². The van der Waals surface area contributed by atoms with Gasteiger partial charge in [-0.05, 0) is 22.8 Å². The molecule has 7 nitrogen and oxygen atoms in total. The van der Waals surface area contributed by atoms with Crippen LogP contribution in [0.3, 0.4) is 0 Å². The number of nitrogens with one attached hydrogen (secondary N) is 1. The van der Waals surface area contributed by atoms with Crippen LogP contribution in [0.4, 0.5) is 0 Å². The van der Waals surface area contributed by atoms with E-state index in [1.807, 2.05) is 91.0 Å². The molecule has 4 aromatic carbocycles. The van der Waals surface area contributed by atoms with Crippen LogP contribution in [-0.2, 0) is 9.59 Å². The number of β-lactam (4-membered cyclic amide) rings is 1. The van der Waals surface area contributed by atoms with Gasteiger partial charge in [0, 0.05) is 31.5 Å². The maximum absolute atomic E-state index is 13.9. The Morgan fingerprint density at radius 2 is 1.25 bits per heavy atom. The fourth-order valence-electron chi connectivity index (χ4n) is 6.01. The molecule has 1 aliphatic rings. The molecular formula is C35H33N2O5PS. The first-order valence-corrected chi connectivity index (χ1v) is 16.4. The van der Waals surface area contributed by atoms with E-state index < -0.39 is 36.8 Å². The summed E-state index contributed by atoms with van der Waals surface area (Å²) in [4.78, 5) is 43.0. The highest BCUT2D eigenvalue weighted by Gasteiger charge is 2.55. The Kier molecular flexibility index (Phi) is 9.25. The van der Waals surface area contributed by atoms with Crippen LogP contribution in [-0.4, -0.2) is 62.4 Å². The van der Waals surface area contributed by atoms with Gasteiger partial charge < -0.3 is 20.4 Å². The van der Waals surface area contributed by atoms with E-state index in [0.29, 0.717) is 10.6 Å². The van der Waals surface area contributed by atoms with Crippen molar-refractivity contribution in [1.82, 2.24) is 10.2 Å². The predicted molar refractivity (Wildman–Crippen MR) is 180 cm³/mol. The lowest BCUT2D eigenvalue weighted by Gasteiger charge is -2.50. The van der Waals surface area contributed by atoms with Crippen LogP contribution in [0, 0.1) is 5.92 Å². The molecule has 5 rings (SSSR count). The number of nitrogens with zero attached hydrogens (tertiary/aromatic N) is 1. The summed E-state index contributed by atoms with van der Waals surface area (Å²) in [5.74, 6) is -2.98. The number of carboxylic acid groups (broad SMARTS) is 1. The number of Topliss-reactive ketones (excluding diaryl/α,β-unsaturated/α-hetero) is 1. The second kappa shape index (κ2) is 13.1. The third-order valence-electron chi connectivity index (χ3n) is 8.05. The van der Waals surface area contributed by atoms with Gasteiger partial charge in [-0.15, -0.1) is 0 Å². The third-order valence-corrected chi connectivity index (χ3v) is 12.7. The third kappa shape index (κ3) is 5.52. The van der Waals surface area contributed by atoms with Crippen molar-refractivity contribution in [2.45, 2.75) is 25.5 Å². The van der Waals surface area contributed by atoms with Crippen molar-refractivity contribution < 1.29 is 24.6 Å². The highest BCUT2D eigenvalue weighted by Crippen LogP contribution is 2.49. The van der Waals surface area contributed by atoms with E-state index in [0.717, 1.165) is 21.5 Å². The zero-order valence-electron chi connectivity index (χ0n) is 24.3. The number of ketones is 1. The number of benzene rings is 4. The van der Waals surface area contributed by atoms with Crippen molar-refractivity contribution in [2.75, 3.05) is 7.05 Å².